The van der Waals surface area contributed by atoms with Gasteiger partial charge < -0.3 is 4.74 Å². The zero-order chi connectivity index (χ0) is 14.3. The quantitative estimate of drug-likeness (QED) is 0.843. The van der Waals surface area contributed by atoms with Crippen molar-refractivity contribution in [2.45, 2.75) is 58.7 Å². The molecule has 1 aromatic rings. The number of hydrogen-bond acceptors (Lipinski definition) is 2. The molecule has 1 aliphatic heterocycles. The topological polar surface area (TPSA) is 26.3 Å². The summed E-state index contributed by atoms with van der Waals surface area (Å²) in [5, 5.41) is 0. The number of Topliss-reactive ketones (excluding diaryl/α,β-unsaturated/α-hetero) is 1. The lowest BCUT2D eigenvalue weighted by Gasteiger charge is -2.17. The number of carbonyl (C=O) groups is 1. The lowest BCUT2D eigenvalue weighted by Crippen LogP contribution is -2.28. The maximum absolute atomic E-state index is 12.6. The van der Waals surface area contributed by atoms with Gasteiger partial charge in [0.2, 0.25) is 0 Å². The summed E-state index contributed by atoms with van der Waals surface area (Å²) in [6, 6.07) is 6.59. The Morgan fingerprint density at radius 2 is 1.90 bits per heavy atom. The molecule has 0 radical (unpaired) electrons. The molecule has 1 heterocycles. The number of rotatable bonds is 3. The zero-order valence-corrected chi connectivity index (χ0v) is 12.7. The van der Waals surface area contributed by atoms with Crippen molar-refractivity contribution in [1.29, 1.82) is 0 Å². The van der Waals surface area contributed by atoms with Crippen LogP contribution in [0.1, 0.15) is 43.9 Å². The first-order chi connectivity index (χ1) is 9.56. The molecule has 20 heavy (non-hydrogen) atoms. The Morgan fingerprint density at radius 3 is 2.60 bits per heavy atom. The number of fused-ring (bicyclic) bond motifs is 1. The average Bonchev–Trinajstić information content (AvgIpc) is 2.94. The average molecular weight is 272 g/mol. The highest BCUT2D eigenvalue weighted by Crippen LogP contribution is 2.33. The number of aryl methyl sites for hydroxylation is 2. The molecular formula is C18H24O2. The molecule has 0 aromatic heterocycles. The molecule has 2 heteroatoms. The number of hydrogen-bond donors (Lipinski definition) is 0. The van der Waals surface area contributed by atoms with Crippen molar-refractivity contribution < 1.29 is 9.53 Å². The number of ketones is 1. The molecule has 108 valence electrons. The minimum Gasteiger partial charge on any atom is -0.375 e. The third-order valence-corrected chi connectivity index (χ3v) is 5.15. The second-order valence-corrected chi connectivity index (χ2v) is 6.53. The van der Waals surface area contributed by atoms with Gasteiger partial charge >= 0.3 is 0 Å². The Labute approximate surface area is 121 Å². The van der Waals surface area contributed by atoms with Crippen molar-refractivity contribution in [2.75, 3.05) is 0 Å². The highest BCUT2D eigenvalue weighted by Gasteiger charge is 2.40. The second kappa shape index (κ2) is 5.33. The Hall–Kier alpha value is -1.15. The molecule has 3 rings (SSSR count). The summed E-state index contributed by atoms with van der Waals surface area (Å²) in [6.45, 7) is 6.24. The van der Waals surface area contributed by atoms with E-state index in [1.54, 1.807) is 0 Å². The molecule has 0 bridgehead atoms. The first kappa shape index (κ1) is 13.8. The molecule has 1 aromatic carbocycles. The fourth-order valence-electron chi connectivity index (χ4n) is 3.88. The minimum absolute atomic E-state index is 0.0539. The second-order valence-electron chi connectivity index (χ2n) is 6.53. The van der Waals surface area contributed by atoms with Crippen LogP contribution in [0.4, 0.5) is 0 Å². The minimum atomic E-state index is 0.0539. The fourth-order valence-corrected chi connectivity index (χ4v) is 3.88. The van der Waals surface area contributed by atoms with Gasteiger partial charge in [-0.1, -0.05) is 25.1 Å². The highest BCUT2D eigenvalue weighted by atomic mass is 16.5. The Morgan fingerprint density at radius 1 is 1.15 bits per heavy atom. The third-order valence-electron chi connectivity index (χ3n) is 5.15. The summed E-state index contributed by atoms with van der Waals surface area (Å²) in [7, 11) is 0. The number of carbonyl (C=O) groups excluding carboxylic acids is 1. The van der Waals surface area contributed by atoms with Gasteiger partial charge in [0.25, 0.3) is 0 Å². The van der Waals surface area contributed by atoms with E-state index in [1.165, 1.54) is 36.0 Å². The van der Waals surface area contributed by atoms with E-state index in [4.69, 9.17) is 4.74 Å². The molecule has 2 aliphatic rings. The first-order valence-electron chi connectivity index (χ1n) is 7.85. The smallest absolute Gasteiger partial charge is 0.143 e. The van der Waals surface area contributed by atoms with E-state index < -0.39 is 0 Å². The van der Waals surface area contributed by atoms with Crippen LogP contribution in [-0.4, -0.2) is 18.0 Å². The van der Waals surface area contributed by atoms with Crippen molar-refractivity contribution in [3.63, 3.8) is 0 Å². The summed E-state index contributed by atoms with van der Waals surface area (Å²) in [4.78, 5) is 12.6. The van der Waals surface area contributed by atoms with Crippen molar-refractivity contribution in [3.8, 4) is 0 Å². The molecule has 1 fully saturated rings. The normalized spacial score (nSPS) is 32.4. The van der Waals surface area contributed by atoms with E-state index in [1.807, 2.05) is 6.92 Å². The van der Waals surface area contributed by atoms with Crippen molar-refractivity contribution >= 4 is 5.78 Å². The van der Waals surface area contributed by atoms with Crippen molar-refractivity contribution in [3.05, 3.63) is 34.9 Å². The largest absolute Gasteiger partial charge is 0.375 e. The molecule has 2 nitrogen and oxygen atoms in total. The van der Waals surface area contributed by atoms with E-state index in [0.29, 0.717) is 18.1 Å². The molecule has 4 unspecified atom stereocenters. The zero-order valence-electron chi connectivity index (χ0n) is 12.7. The summed E-state index contributed by atoms with van der Waals surface area (Å²) in [5.74, 6) is 0.720. The van der Waals surface area contributed by atoms with Crippen LogP contribution in [0.15, 0.2) is 18.2 Å². The van der Waals surface area contributed by atoms with Crippen LogP contribution in [0.3, 0.4) is 0 Å². The lowest BCUT2D eigenvalue weighted by molar-refractivity contribution is -0.124. The van der Waals surface area contributed by atoms with Crippen LogP contribution in [0.2, 0.25) is 0 Å². The molecular weight excluding hydrogens is 248 g/mol. The van der Waals surface area contributed by atoms with Gasteiger partial charge in [-0.15, -0.1) is 0 Å². The van der Waals surface area contributed by atoms with Crippen LogP contribution in [-0.2, 0) is 28.8 Å². The molecule has 4 atom stereocenters. The Balaban J connectivity index is 1.73. The van der Waals surface area contributed by atoms with Crippen LogP contribution in [0, 0.1) is 11.8 Å². The van der Waals surface area contributed by atoms with E-state index in [9.17, 15) is 4.79 Å². The van der Waals surface area contributed by atoms with E-state index in [0.717, 1.165) is 0 Å². The summed E-state index contributed by atoms with van der Waals surface area (Å²) >= 11 is 0. The predicted octanol–water partition coefficient (Wildman–Crippen LogP) is 3.35. The Kier molecular flexibility index (Phi) is 3.68. The van der Waals surface area contributed by atoms with Gasteiger partial charge in [0.05, 0.1) is 12.2 Å². The van der Waals surface area contributed by atoms with Crippen molar-refractivity contribution in [1.82, 2.24) is 0 Å². The van der Waals surface area contributed by atoms with Gasteiger partial charge in [-0.25, -0.2) is 0 Å². The van der Waals surface area contributed by atoms with E-state index in [2.05, 4.69) is 32.0 Å². The van der Waals surface area contributed by atoms with Crippen LogP contribution >= 0.6 is 0 Å². The van der Waals surface area contributed by atoms with Gasteiger partial charge in [0, 0.05) is 12.3 Å². The molecule has 0 saturated carbocycles. The lowest BCUT2D eigenvalue weighted by atomic mass is 9.83. The maximum atomic E-state index is 12.6. The Bertz CT molecular complexity index is 520. The van der Waals surface area contributed by atoms with Gasteiger partial charge in [-0.3, -0.25) is 4.79 Å². The molecule has 0 amide bonds. The summed E-state index contributed by atoms with van der Waals surface area (Å²) < 4.78 is 5.80. The van der Waals surface area contributed by atoms with E-state index >= 15 is 0 Å². The molecule has 0 spiro atoms. The molecule has 1 aliphatic carbocycles. The first-order valence-corrected chi connectivity index (χ1v) is 7.85. The predicted molar refractivity (Wildman–Crippen MR) is 79.8 cm³/mol. The maximum Gasteiger partial charge on any atom is 0.143 e. The monoisotopic (exact) mass is 272 g/mol. The molecule has 0 N–H and O–H groups in total. The van der Waals surface area contributed by atoms with Gasteiger partial charge in [0.15, 0.2) is 0 Å². The molecule has 1 saturated heterocycles. The SMILES string of the molecule is CC1OC(C)C(C(=O)Cc2ccc3c(c2)CCC3)C1C. The van der Waals surface area contributed by atoms with Gasteiger partial charge in [0.1, 0.15) is 5.78 Å². The number of ether oxygens (including phenoxy) is 1. The van der Waals surface area contributed by atoms with Crippen molar-refractivity contribution in [2.24, 2.45) is 11.8 Å². The fraction of sp³-hybridized carbons (Fsp3) is 0.611. The van der Waals surface area contributed by atoms with Gasteiger partial charge in [-0.2, -0.15) is 0 Å². The van der Waals surface area contributed by atoms with Crippen LogP contribution < -0.4 is 0 Å². The highest BCUT2D eigenvalue weighted by molar-refractivity contribution is 5.84. The van der Waals surface area contributed by atoms with Crippen LogP contribution in [0.5, 0.6) is 0 Å². The van der Waals surface area contributed by atoms with Gasteiger partial charge in [-0.05, 0) is 55.7 Å². The number of benzene rings is 1. The summed E-state index contributed by atoms with van der Waals surface area (Å²) in [5.41, 5.74) is 4.10. The van der Waals surface area contributed by atoms with E-state index in [-0.39, 0.29) is 18.1 Å². The third kappa shape index (κ3) is 2.42. The summed E-state index contributed by atoms with van der Waals surface area (Å²) in [6.07, 6.45) is 4.44. The standard InChI is InChI=1S/C18H24O2/c1-11-12(2)20-13(3)18(11)17(19)10-14-7-8-15-5-4-6-16(15)9-14/h7-9,11-13,18H,4-6,10H2,1-3H3. The van der Waals surface area contributed by atoms with Crippen LogP contribution in [0.25, 0.3) is 0 Å².